The molecule has 0 unspecified atom stereocenters. The molecule has 19 heavy (non-hydrogen) atoms. The maximum Gasteiger partial charge on any atom is 0.303 e. The lowest BCUT2D eigenvalue weighted by molar-refractivity contribution is -0.137. The quantitative estimate of drug-likeness (QED) is 0.798. The third kappa shape index (κ3) is 7.28. The Morgan fingerprint density at radius 1 is 1.37 bits per heavy atom. The topological polar surface area (TPSA) is 61.1 Å². The summed E-state index contributed by atoms with van der Waals surface area (Å²) >= 11 is 0. The van der Waals surface area contributed by atoms with E-state index in [-0.39, 0.29) is 0 Å². The minimum atomic E-state index is -2.69. The van der Waals surface area contributed by atoms with Crippen molar-refractivity contribution in [2.75, 3.05) is 0 Å². The van der Waals surface area contributed by atoms with Crippen LogP contribution in [0.4, 0.5) is 8.78 Å². The Bertz CT molecular complexity index is 420. The van der Waals surface area contributed by atoms with Crippen molar-refractivity contribution in [2.24, 2.45) is 0 Å². The zero-order valence-electron chi connectivity index (χ0n) is 11.1. The number of aliphatic carboxylic acids is 1. The molecule has 0 heterocycles. The Balaban J connectivity index is 0.000000399. The van der Waals surface area contributed by atoms with Crippen molar-refractivity contribution in [2.45, 2.75) is 39.5 Å². The molecule has 0 aliphatic rings. The molecule has 5 heteroatoms. The van der Waals surface area contributed by atoms with Gasteiger partial charge in [0.05, 0.1) is 0 Å². The normalized spacial score (nSPS) is 9.74. The number of hydrogen-bond donors (Lipinski definition) is 2. The van der Waals surface area contributed by atoms with Crippen molar-refractivity contribution in [3.05, 3.63) is 35.4 Å². The predicted molar refractivity (Wildman–Crippen MR) is 71.2 cm³/mol. The van der Waals surface area contributed by atoms with Gasteiger partial charge in [0, 0.05) is 12.0 Å². The SMILES string of the molecule is CCCCC(=O)O.Cc1ccccc1C(=N)C(F)F. The summed E-state index contributed by atoms with van der Waals surface area (Å²) in [7, 11) is 0. The monoisotopic (exact) mass is 271 g/mol. The summed E-state index contributed by atoms with van der Waals surface area (Å²) in [5.74, 6) is -0.693. The standard InChI is InChI=1S/C9H9F2N.C5H10O2/c1-6-4-2-3-5-7(6)8(12)9(10)11;1-2-3-4-5(6)7/h2-5,9,12H,1H3;2-4H2,1H3,(H,6,7). The number of rotatable bonds is 5. The Hall–Kier alpha value is -1.78. The van der Waals surface area contributed by atoms with Gasteiger partial charge in [-0.3, -0.25) is 10.2 Å². The lowest BCUT2D eigenvalue weighted by Crippen LogP contribution is -2.11. The summed E-state index contributed by atoms with van der Waals surface area (Å²) in [5.41, 5.74) is 0.434. The first-order valence-electron chi connectivity index (χ1n) is 6.04. The minimum absolute atomic E-state index is 0.316. The lowest BCUT2D eigenvalue weighted by Gasteiger charge is -2.05. The van der Waals surface area contributed by atoms with E-state index in [1.165, 1.54) is 6.07 Å². The third-order valence-electron chi connectivity index (χ3n) is 2.40. The van der Waals surface area contributed by atoms with Crippen molar-refractivity contribution >= 4 is 11.7 Å². The van der Waals surface area contributed by atoms with Crippen LogP contribution in [0.5, 0.6) is 0 Å². The van der Waals surface area contributed by atoms with E-state index >= 15 is 0 Å². The van der Waals surface area contributed by atoms with Gasteiger partial charge in [0.2, 0.25) is 0 Å². The van der Waals surface area contributed by atoms with Gasteiger partial charge in [0.25, 0.3) is 6.43 Å². The van der Waals surface area contributed by atoms with Crippen LogP contribution in [0.25, 0.3) is 0 Å². The number of carbonyl (C=O) groups is 1. The van der Waals surface area contributed by atoms with Gasteiger partial charge >= 0.3 is 5.97 Å². The minimum Gasteiger partial charge on any atom is -0.481 e. The van der Waals surface area contributed by atoms with Gasteiger partial charge in [-0.15, -0.1) is 0 Å². The first-order valence-corrected chi connectivity index (χ1v) is 6.04. The molecule has 0 atom stereocenters. The second kappa shape index (κ2) is 9.19. The van der Waals surface area contributed by atoms with Gasteiger partial charge in [-0.25, -0.2) is 8.78 Å². The second-order valence-electron chi connectivity index (χ2n) is 4.03. The summed E-state index contributed by atoms with van der Waals surface area (Å²) < 4.78 is 24.1. The number of benzene rings is 1. The first kappa shape index (κ1) is 17.2. The molecular weight excluding hydrogens is 252 g/mol. The number of nitrogens with one attached hydrogen (secondary N) is 1. The zero-order chi connectivity index (χ0) is 14.8. The largest absolute Gasteiger partial charge is 0.481 e. The molecule has 0 saturated heterocycles. The maximum absolute atomic E-state index is 12.1. The molecule has 0 aliphatic heterocycles. The lowest BCUT2D eigenvalue weighted by atomic mass is 10.0. The summed E-state index contributed by atoms with van der Waals surface area (Å²) in [6.45, 7) is 3.69. The predicted octanol–water partition coefficient (Wildman–Crippen LogP) is 3.89. The van der Waals surface area contributed by atoms with Crippen molar-refractivity contribution < 1.29 is 18.7 Å². The van der Waals surface area contributed by atoms with Crippen molar-refractivity contribution in [3.8, 4) is 0 Å². The van der Waals surface area contributed by atoms with Gasteiger partial charge < -0.3 is 5.11 Å². The highest BCUT2D eigenvalue weighted by atomic mass is 19.3. The van der Waals surface area contributed by atoms with E-state index in [0.29, 0.717) is 17.5 Å². The van der Waals surface area contributed by atoms with Crippen LogP contribution in [0.3, 0.4) is 0 Å². The molecule has 3 nitrogen and oxygen atoms in total. The molecule has 1 aromatic rings. The van der Waals surface area contributed by atoms with Gasteiger partial charge in [-0.2, -0.15) is 0 Å². The molecule has 0 bridgehead atoms. The number of aryl methyl sites for hydroxylation is 1. The van der Waals surface area contributed by atoms with Crippen LogP contribution in [-0.2, 0) is 4.79 Å². The van der Waals surface area contributed by atoms with Gasteiger partial charge in [0.15, 0.2) is 0 Å². The molecule has 0 aliphatic carbocycles. The highest BCUT2D eigenvalue weighted by Gasteiger charge is 2.14. The van der Waals surface area contributed by atoms with E-state index < -0.39 is 18.1 Å². The molecule has 0 radical (unpaired) electrons. The Kier molecular flexibility index (Phi) is 8.33. The van der Waals surface area contributed by atoms with Crippen LogP contribution in [0.1, 0.15) is 37.3 Å². The number of alkyl halides is 2. The second-order valence-corrected chi connectivity index (χ2v) is 4.03. The fourth-order valence-corrected chi connectivity index (χ4v) is 1.32. The molecule has 0 aromatic heterocycles. The van der Waals surface area contributed by atoms with E-state index in [0.717, 1.165) is 12.8 Å². The molecule has 1 aromatic carbocycles. The highest BCUT2D eigenvalue weighted by molar-refractivity contribution is 6.01. The van der Waals surface area contributed by atoms with E-state index in [1.807, 2.05) is 6.92 Å². The third-order valence-corrected chi connectivity index (χ3v) is 2.40. The highest BCUT2D eigenvalue weighted by Crippen LogP contribution is 2.11. The van der Waals surface area contributed by atoms with Gasteiger partial charge in [-0.1, -0.05) is 37.6 Å². The van der Waals surface area contributed by atoms with Crippen LogP contribution in [-0.4, -0.2) is 23.2 Å². The fourth-order valence-electron chi connectivity index (χ4n) is 1.32. The summed E-state index contributed by atoms with van der Waals surface area (Å²) in [4.78, 5) is 9.76. The summed E-state index contributed by atoms with van der Waals surface area (Å²) in [6.07, 6.45) is -0.607. The molecule has 0 saturated carbocycles. The van der Waals surface area contributed by atoms with Crippen LogP contribution in [0, 0.1) is 12.3 Å². The van der Waals surface area contributed by atoms with E-state index in [4.69, 9.17) is 10.5 Å². The summed E-state index contributed by atoms with van der Waals surface area (Å²) in [5, 5.41) is 15.1. The van der Waals surface area contributed by atoms with E-state index in [9.17, 15) is 13.6 Å². The average Bonchev–Trinajstić information content (AvgIpc) is 2.36. The molecular formula is C14H19F2NO2. The average molecular weight is 271 g/mol. The number of carboxylic acid groups (broad SMARTS) is 1. The van der Waals surface area contributed by atoms with E-state index in [1.54, 1.807) is 25.1 Å². The Morgan fingerprint density at radius 2 is 1.95 bits per heavy atom. The number of unbranched alkanes of at least 4 members (excludes halogenated alkanes) is 1. The Morgan fingerprint density at radius 3 is 2.32 bits per heavy atom. The maximum atomic E-state index is 12.1. The zero-order valence-corrected chi connectivity index (χ0v) is 11.1. The van der Waals surface area contributed by atoms with Crippen LogP contribution in [0.15, 0.2) is 24.3 Å². The molecule has 106 valence electrons. The van der Waals surface area contributed by atoms with Crippen molar-refractivity contribution in [1.82, 2.24) is 0 Å². The molecule has 0 spiro atoms. The van der Waals surface area contributed by atoms with Crippen LogP contribution < -0.4 is 0 Å². The van der Waals surface area contributed by atoms with E-state index in [2.05, 4.69) is 0 Å². The molecule has 0 amide bonds. The van der Waals surface area contributed by atoms with Crippen molar-refractivity contribution in [3.63, 3.8) is 0 Å². The number of halogens is 2. The number of hydrogen-bond acceptors (Lipinski definition) is 2. The van der Waals surface area contributed by atoms with Crippen LogP contribution >= 0.6 is 0 Å². The summed E-state index contributed by atoms with van der Waals surface area (Å²) in [6, 6.07) is 6.66. The van der Waals surface area contributed by atoms with Crippen LogP contribution in [0.2, 0.25) is 0 Å². The fraction of sp³-hybridized carbons (Fsp3) is 0.429. The molecule has 1 rings (SSSR count). The smallest absolute Gasteiger partial charge is 0.303 e. The van der Waals surface area contributed by atoms with Gasteiger partial charge in [-0.05, 0) is 18.9 Å². The number of carboxylic acids is 1. The first-order chi connectivity index (χ1) is 8.90. The van der Waals surface area contributed by atoms with Gasteiger partial charge in [0.1, 0.15) is 5.71 Å². The Labute approximate surface area is 111 Å². The molecule has 2 N–H and O–H groups in total. The molecule has 0 fully saturated rings. The van der Waals surface area contributed by atoms with Crippen molar-refractivity contribution in [1.29, 1.82) is 5.41 Å².